The van der Waals surface area contributed by atoms with Crippen LogP contribution in [0.2, 0.25) is 0 Å². The lowest BCUT2D eigenvalue weighted by molar-refractivity contribution is 0.168. The van der Waals surface area contributed by atoms with Crippen LogP contribution in [0.5, 0.6) is 0 Å². The number of fused-ring (bicyclic) bond motifs is 1. The van der Waals surface area contributed by atoms with Gasteiger partial charge in [-0.05, 0) is 37.5 Å². The molecular formula is C22H29N5O. The summed E-state index contributed by atoms with van der Waals surface area (Å²) >= 11 is 0. The molecule has 1 unspecified atom stereocenters. The van der Waals surface area contributed by atoms with E-state index in [0.717, 1.165) is 47.8 Å². The Balaban J connectivity index is 1.43. The van der Waals surface area contributed by atoms with Crippen LogP contribution in [-0.4, -0.2) is 40.7 Å². The second-order valence-corrected chi connectivity index (χ2v) is 6.71. The average Bonchev–Trinajstić information content (AvgIpc) is 3.14. The Morgan fingerprint density at radius 1 is 1.11 bits per heavy atom. The van der Waals surface area contributed by atoms with E-state index in [1.807, 2.05) is 61.5 Å². The van der Waals surface area contributed by atoms with Gasteiger partial charge in [0.15, 0.2) is 5.96 Å². The van der Waals surface area contributed by atoms with E-state index in [1.165, 1.54) is 0 Å². The molecule has 1 heterocycles. The van der Waals surface area contributed by atoms with Gasteiger partial charge in [0.05, 0.1) is 17.1 Å². The monoisotopic (exact) mass is 379 g/mol. The van der Waals surface area contributed by atoms with Crippen molar-refractivity contribution in [1.29, 1.82) is 0 Å². The van der Waals surface area contributed by atoms with Crippen molar-refractivity contribution in [1.82, 2.24) is 20.6 Å². The molecule has 1 atom stereocenters. The molecule has 1 aromatic heterocycles. The van der Waals surface area contributed by atoms with Gasteiger partial charge in [0.1, 0.15) is 5.82 Å². The SMILES string of the molecule is CCNC(=NCCCc1nc2ccccc2[nH]1)NCCC(O)c1ccccc1. The average molecular weight is 380 g/mol. The number of para-hydroxylation sites is 2. The molecular weight excluding hydrogens is 350 g/mol. The lowest BCUT2D eigenvalue weighted by Gasteiger charge is -2.14. The van der Waals surface area contributed by atoms with Crippen molar-refractivity contribution in [3.05, 3.63) is 66.0 Å². The van der Waals surface area contributed by atoms with Crippen LogP contribution in [0.15, 0.2) is 59.6 Å². The van der Waals surface area contributed by atoms with E-state index in [1.54, 1.807) is 0 Å². The predicted octanol–water partition coefficient (Wildman–Crippen LogP) is 3.17. The molecule has 6 nitrogen and oxygen atoms in total. The molecule has 0 aliphatic heterocycles. The molecule has 0 radical (unpaired) electrons. The van der Waals surface area contributed by atoms with E-state index in [2.05, 4.69) is 25.6 Å². The number of imidazole rings is 1. The normalized spacial score (nSPS) is 12.9. The van der Waals surface area contributed by atoms with Gasteiger partial charge in [0.25, 0.3) is 0 Å². The van der Waals surface area contributed by atoms with Gasteiger partial charge >= 0.3 is 0 Å². The summed E-state index contributed by atoms with van der Waals surface area (Å²) in [7, 11) is 0. The Morgan fingerprint density at radius 3 is 2.68 bits per heavy atom. The molecule has 0 fully saturated rings. The molecule has 148 valence electrons. The quantitative estimate of drug-likeness (QED) is 0.261. The number of aliphatic hydroxyl groups excluding tert-OH is 1. The fourth-order valence-corrected chi connectivity index (χ4v) is 3.07. The summed E-state index contributed by atoms with van der Waals surface area (Å²) in [6.45, 7) is 4.22. The zero-order valence-corrected chi connectivity index (χ0v) is 16.4. The summed E-state index contributed by atoms with van der Waals surface area (Å²) in [5.74, 6) is 1.78. The summed E-state index contributed by atoms with van der Waals surface area (Å²) in [6, 6.07) is 17.8. The standard InChI is InChI=1S/C22H29N5O/c1-2-23-22(25-16-14-20(28)17-9-4-3-5-10-17)24-15-8-13-21-26-18-11-6-7-12-19(18)27-21/h3-7,9-12,20,28H,2,8,13-16H2,1H3,(H,26,27)(H2,23,24,25). The lowest BCUT2D eigenvalue weighted by Crippen LogP contribution is -2.38. The van der Waals surface area contributed by atoms with Crippen LogP contribution in [0.3, 0.4) is 0 Å². The molecule has 0 bridgehead atoms. The van der Waals surface area contributed by atoms with Gasteiger partial charge in [-0.25, -0.2) is 4.98 Å². The molecule has 0 aliphatic rings. The number of aromatic amines is 1. The number of benzene rings is 2. The Morgan fingerprint density at radius 2 is 1.89 bits per heavy atom. The van der Waals surface area contributed by atoms with Gasteiger partial charge in [-0.2, -0.15) is 0 Å². The third-order valence-corrected chi connectivity index (χ3v) is 4.52. The number of hydrogen-bond donors (Lipinski definition) is 4. The van der Waals surface area contributed by atoms with E-state index < -0.39 is 6.10 Å². The Labute approximate surface area is 166 Å². The number of rotatable bonds is 9. The van der Waals surface area contributed by atoms with Crippen molar-refractivity contribution in [2.45, 2.75) is 32.3 Å². The summed E-state index contributed by atoms with van der Waals surface area (Å²) in [5.41, 5.74) is 3.03. The highest BCUT2D eigenvalue weighted by atomic mass is 16.3. The molecule has 0 aliphatic carbocycles. The number of aliphatic hydroxyl groups is 1. The summed E-state index contributed by atoms with van der Waals surface area (Å²) in [4.78, 5) is 12.6. The zero-order chi connectivity index (χ0) is 19.6. The van der Waals surface area contributed by atoms with Crippen LogP contribution >= 0.6 is 0 Å². The molecule has 0 amide bonds. The minimum atomic E-state index is -0.468. The first-order valence-electron chi connectivity index (χ1n) is 9.95. The summed E-state index contributed by atoms with van der Waals surface area (Å²) in [5, 5.41) is 16.8. The number of H-pyrrole nitrogens is 1. The summed E-state index contributed by atoms with van der Waals surface area (Å²) in [6.07, 6.45) is 1.95. The highest BCUT2D eigenvalue weighted by Gasteiger charge is 2.07. The third-order valence-electron chi connectivity index (χ3n) is 4.52. The number of hydrogen-bond acceptors (Lipinski definition) is 3. The number of nitrogens with zero attached hydrogens (tertiary/aromatic N) is 2. The van der Waals surface area contributed by atoms with Gasteiger partial charge in [-0.15, -0.1) is 0 Å². The van der Waals surface area contributed by atoms with Crippen LogP contribution < -0.4 is 10.6 Å². The van der Waals surface area contributed by atoms with Gasteiger partial charge in [-0.1, -0.05) is 42.5 Å². The van der Waals surface area contributed by atoms with Gasteiger partial charge in [0, 0.05) is 26.1 Å². The van der Waals surface area contributed by atoms with E-state index in [-0.39, 0.29) is 0 Å². The van der Waals surface area contributed by atoms with Gasteiger partial charge in [0.2, 0.25) is 0 Å². The first-order chi connectivity index (χ1) is 13.8. The van der Waals surface area contributed by atoms with Crippen molar-refractivity contribution >= 4 is 17.0 Å². The fourth-order valence-electron chi connectivity index (χ4n) is 3.07. The number of aromatic nitrogens is 2. The molecule has 6 heteroatoms. The van der Waals surface area contributed by atoms with Crippen LogP contribution in [0.25, 0.3) is 11.0 Å². The van der Waals surface area contributed by atoms with E-state index in [4.69, 9.17) is 0 Å². The van der Waals surface area contributed by atoms with Gasteiger partial charge < -0.3 is 20.7 Å². The van der Waals surface area contributed by atoms with E-state index in [0.29, 0.717) is 19.5 Å². The second-order valence-electron chi connectivity index (χ2n) is 6.71. The molecule has 0 spiro atoms. The van der Waals surface area contributed by atoms with Crippen molar-refractivity contribution in [3.8, 4) is 0 Å². The maximum atomic E-state index is 10.3. The number of nitrogens with one attached hydrogen (secondary N) is 3. The number of aliphatic imine (C=N–C) groups is 1. The number of guanidine groups is 1. The van der Waals surface area contributed by atoms with E-state index in [9.17, 15) is 5.11 Å². The minimum Gasteiger partial charge on any atom is -0.388 e. The predicted molar refractivity (Wildman–Crippen MR) is 114 cm³/mol. The third kappa shape index (κ3) is 5.82. The maximum absolute atomic E-state index is 10.3. The smallest absolute Gasteiger partial charge is 0.191 e. The van der Waals surface area contributed by atoms with Crippen molar-refractivity contribution in [2.75, 3.05) is 19.6 Å². The van der Waals surface area contributed by atoms with Crippen molar-refractivity contribution in [2.24, 2.45) is 4.99 Å². The largest absolute Gasteiger partial charge is 0.388 e. The zero-order valence-electron chi connectivity index (χ0n) is 16.4. The molecule has 0 saturated heterocycles. The van der Waals surface area contributed by atoms with Crippen LogP contribution in [0, 0.1) is 0 Å². The first-order valence-corrected chi connectivity index (χ1v) is 9.95. The second kappa shape index (κ2) is 10.5. The topological polar surface area (TPSA) is 85.3 Å². The van der Waals surface area contributed by atoms with Crippen molar-refractivity contribution < 1.29 is 5.11 Å². The maximum Gasteiger partial charge on any atom is 0.191 e. The lowest BCUT2D eigenvalue weighted by atomic mass is 10.1. The van der Waals surface area contributed by atoms with Gasteiger partial charge in [-0.3, -0.25) is 4.99 Å². The molecule has 2 aromatic carbocycles. The molecule has 0 saturated carbocycles. The number of aryl methyl sites for hydroxylation is 1. The van der Waals surface area contributed by atoms with Crippen molar-refractivity contribution in [3.63, 3.8) is 0 Å². The van der Waals surface area contributed by atoms with Crippen LogP contribution in [0.4, 0.5) is 0 Å². The first kappa shape index (κ1) is 19.9. The molecule has 28 heavy (non-hydrogen) atoms. The molecule has 3 aromatic rings. The molecule has 4 N–H and O–H groups in total. The highest BCUT2D eigenvalue weighted by molar-refractivity contribution is 5.79. The molecule has 3 rings (SSSR count). The summed E-state index contributed by atoms with van der Waals surface area (Å²) < 4.78 is 0. The fraction of sp³-hybridized carbons (Fsp3) is 0.364. The Bertz CT molecular complexity index is 842. The van der Waals surface area contributed by atoms with E-state index >= 15 is 0 Å². The van der Waals surface area contributed by atoms with Crippen LogP contribution in [0.1, 0.15) is 37.3 Å². The van der Waals surface area contributed by atoms with Crippen LogP contribution in [-0.2, 0) is 6.42 Å². The Kier molecular flexibility index (Phi) is 7.44. The Hall–Kier alpha value is -2.86. The highest BCUT2D eigenvalue weighted by Crippen LogP contribution is 2.15. The minimum absolute atomic E-state index is 0.468.